The number of hydrogen-bond acceptors (Lipinski definition) is 2. The van der Waals surface area contributed by atoms with Gasteiger partial charge >= 0.3 is 0 Å². The Bertz CT molecular complexity index is 396. The molecule has 0 aliphatic carbocycles. The van der Waals surface area contributed by atoms with E-state index in [9.17, 15) is 9.18 Å². The third-order valence-electron chi connectivity index (χ3n) is 1.63. The van der Waals surface area contributed by atoms with Gasteiger partial charge in [-0.1, -0.05) is 6.92 Å². The Balaban J connectivity index is 2.93. The lowest BCUT2D eigenvalue weighted by Gasteiger charge is -2.03. The fourth-order valence-corrected chi connectivity index (χ4v) is 0.976. The summed E-state index contributed by atoms with van der Waals surface area (Å²) in [6, 6.07) is 5.52. The van der Waals surface area contributed by atoms with Crippen LogP contribution >= 0.6 is 0 Å². The van der Waals surface area contributed by atoms with Crippen molar-refractivity contribution in [1.82, 2.24) is 0 Å². The molecule has 0 unspecified atom stereocenters. The molecule has 0 spiro atoms. The zero-order valence-electron chi connectivity index (χ0n) is 7.67. The summed E-state index contributed by atoms with van der Waals surface area (Å²) >= 11 is 0. The number of hydrogen-bond donors (Lipinski definition) is 1. The highest BCUT2D eigenvalue weighted by atomic mass is 19.1. The molecule has 0 aliphatic heterocycles. The summed E-state index contributed by atoms with van der Waals surface area (Å²) < 4.78 is 12.9. The molecule has 3 nitrogen and oxygen atoms in total. The van der Waals surface area contributed by atoms with Gasteiger partial charge in [0.15, 0.2) is 0 Å². The number of nitrogens with zero attached hydrogens (tertiary/aromatic N) is 1. The predicted molar refractivity (Wildman–Crippen MR) is 50.0 cm³/mol. The Labute approximate surface area is 81.2 Å². The van der Waals surface area contributed by atoms with Crippen LogP contribution in [0.2, 0.25) is 0 Å². The number of halogens is 1. The zero-order valence-corrected chi connectivity index (χ0v) is 7.67. The van der Waals surface area contributed by atoms with Crippen molar-refractivity contribution < 1.29 is 9.18 Å². The number of rotatable bonds is 2. The van der Waals surface area contributed by atoms with Crippen LogP contribution in [0.4, 0.5) is 10.1 Å². The Hall–Kier alpha value is -1.89. The molecule has 0 aromatic heterocycles. The maximum Gasteiger partial charge on any atom is 0.224 e. The van der Waals surface area contributed by atoms with Crippen molar-refractivity contribution >= 4 is 11.6 Å². The number of anilines is 1. The van der Waals surface area contributed by atoms with Gasteiger partial charge in [-0.3, -0.25) is 4.79 Å². The highest BCUT2D eigenvalue weighted by Crippen LogP contribution is 2.13. The van der Waals surface area contributed by atoms with Crippen LogP contribution in [-0.4, -0.2) is 5.91 Å². The first-order valence-electron chi connectivity index (χ1n) is 4.16. The monoisotopic (exact) mass is 192 g/mol. The number of carbonyl (C=O) groups is 1. The molecule has 0 aliphatic rings. The van der Waals surface area contributed by atoms with E-state index in [1.807, 2.05) is 6.07 Å². The molecule has 1 rings (SSSR count). The van der Waals surface area contributed by atoms with E-state index >= 15 is 0 Å². The van der Waals surface area contributed by atoms with Crippen LogP contribution in [0, 0.1) is 17.1 Å². The normalized spacial score (nSPS) is 9.21. The minimum absolute atomic E-state index is 0.191. The molecule has 0 atom stereocenters. The summed E-state index contributed by atoms with van der Waals surface area (Å²) in [7, 11) is 0. The van der Waals surface area contributed by atoms with E-state index in [0.717, 1.165) is 6.07 Å². The van der Waals surface area contributed by atoms with Gasteiger partial charge in [0, 0.05) is 12.1 Å². The molecule has 0 fully saturated rings. The smallest absolute Gasteiger partial charge is 0.224 e. The van der Waals surface area contributed by atoms with Gasteiger partial charge in [0.05, 0.1) is 11.6 Å². The third kappa shape index (κ3) is 2.56. The number of amides is 1. The van der Waals surface area contributed by atoms with Crippen LogP contribution in [0.1, 0.15) is 18.9 Å². The van der Waals surface area contributed by atoms with Gasteiger partial charge in [-0.05, 0) is 18.2 Å². The van der Waals surface area contributed by atoms with Crippen LogP contribution in [0.25, 0.3) is 0 Å². The van der Waals surface area contributed by atoms with E-state index in [1.54, 1.807) is 6.92 Å². The molecule has 0 saturated carbocycles. The van der Waals surface area contributed by atoms with Crippen LogP contribution in [0.5, 0.6) is 0 Å². The first-order chi connectivity index (χ1) is 6.65. The van der Waals surface area contributed by atoms with Gasteiger partial charge in [-0.2, -0.15) is 5.26 Å². The van der Waals surface area contributed by atoms with E-state index in [4.69, 9.17) is 5.26 Å². The molecule has 0 bridgehead atoms. The first-order valence-corrected chi connectivity index (χ1v) is 4.16. The van der Waals surface area contributed by atoms with E-state index in [0.29, 0.717) is 12.1 Å². The van der Waals surface area contributed by atoms with Crippen molar-refractivity contribution in [2.75, 3.05) is 5.32 Å². The topological polar surface area (TPSA) is 52.9 Å². The molecule has 0 heterocycles. The van der Waals surface area contributed by atoms with Crippen molar-refractivity contribution in [1.29, 1.82) is 5.26 Å². The predicted octanol–water partition coefficient (Wildman–Crippen LogP) is 2.05. The quantitative estimate of drug-likeness (QED) is 0.779. The first kappa shape index (κ1) is 10.2. The molecular weight excluding hydrogens is 183 g/mol. The number of nitriles is 1. The minimum atomic E-state index is -0.532. The number of carbonyl (C=O) groups excluding carboxylic acids is 1. The molecule has 72 valence electrons. The number of benzene rings is 1. The van der Waals surface area contributed by atoms with Crippen LogP contribution in [0.3, 0.4) is 0 Å². The molecule has 1 aromatic carbocycles. The molecule has 1 amide bonds. The van der Waals surface area contributed by atoms with Crippen LogP contribution < -0.4 is 5.32 Å². The average molecular weight is 192 g/mol. The molecular formula is C10H9FN2O. The average Bonchev–Trinajstić information content (AvgIpc) is 2.16. The lowest BCUT2D eigenvalue weighted by atomic mass is 10.2. The van der Waals surface area contributed by atoms with Gasteiger partial charge in [-0.25, -0.2) is 4.39 Å². The molecule has 1 N–H and O–H groups in total. The second-order valence-electron chi connectivity index (χ2n) is 2.74. The molecule has 4 heteroatoms. The molecule has 0 saturated heterocycles. The Morgan fingerprint density at radius 3 is 2.86 bits per heavy atom. The number of nitrogens with one attached hydrogen (secondary N) is 1. The maximum atomic E-state index is 12.9. The summed E-state index contributed by atoms with van der Waals surface area (Å²) in [5.41, 5.74) is 0.504. The second-order valence-corrected chi connectivity index (χ2v) is 2.74. The largest absolute Gasteiger partial charge is 0.326 e. The van der Waals surface area contributed by atoms with E-state index in [-0.39, 0.29) is 11.5 Å². The van der Waals surface area contributed by atoms with Gasteiger partial charge in [0.25, 0.3) is 0 Å². The Kier molecular flexibility index (Phi) is 3.19. The van der Waals surface area contributed by atoms with Gasteiger partial charge in [0.2, 0.25) is 5.91 Å². The maximum absolute atomic E-state index is 12.9. The van der Waals surface area contributed by atoms with E-state index < -0.39 is 5.82 Å². The summed E-state index contributed by atoms with van der Waals surface area (Å²) in [5, 5.41) is 11.0. The Morgan fingerprint density at radius 1 is 1.57 bits per heavy atom. The fraction of sp³-hybridized carbons (Fsp3) is 0.200. The van der Waals surface area contributed by atoms with Gasteiger partial charge in [0.1, 0.15) is 5.82 Å². The van der Waals surface area contributed by atoms with Crippen molar-refractivity contribution in [2.24, 2.45) is 0 Å². The van der Waals surface area contributed by atoms with Crippen molar-refractivity contribution in [2.45, 2.75) is 13.3 Å². The standard InChI is InChI=1S/C10H9FN2O/c1-2-10(14)13-9-4-7(6-12)3-8(11)5-9/h3-5H,2H2,1H3,(H,13,14). The van der Waals surface area contributed by atoms with Gasteiger partial charge < -0.3 is 5.32 Å². The van der Waals surface area contributed by atoms with Gasteiger partial charge in [-0.15, -0.1) is 0 Å². The summed E-state index contributed by atoms with van der Waals surface area (Å²) in [6.45, 7) is 1.69. The molecule has 14 heavy (non-hydrogen) atoms. The van der Waals surface area contributed by atoms with Crippen molar-refractivity contribution in [3.05, 3.63) is 29.6 Å². The fourth-order valence-electron chi connectivity index (χ4n) is 0.976. The van der Waals surface area contributed by atoms with Crippen molar-refractivity contribution in [3.63, 3.8) is 0 Å². The van der Waals surface area contributed by atoms with Crippen LogP contribution in [-0.2, 0) is 4.79 Å². The summed E-state index contributed by atoms with van der Waals surface area (Å²) in [4.78, 5) is 11.0. The molecule has 0 radical (unpaired) electrons. The molecule has 1 aromatic rings. The minimum Gasteiger partial charge on any atom is -0.326 e. The lowest BCUT2D eigenvalue weighted by molar-refractivity contribution is -0.115. The van der Waals surface area contributed by atoms with Crippen molar-refractivity contribution in [3.8, 4) is 6.07 Å². The van der Waals surface area contributed by atoms with E-state index in [2.05, 4.69) is 5.32 Å². The highest BCUT2D eigenvalue weighted by Gasteiger charge is 2.02. The Morgan fingerprint density at radius 2 is 2.29 bits per heavy atom. The zero-order chi connectivity index (χ0) is 10.6. The second kappa shape index (κ2) is 4.38. The lowest BCUT2D eigenvalue weighted by Crippen LogP contribution is -2.09. The van der Waals surface area contributed by atoms with Crippen LogP contribution in [0.15, 0.2) is 18.2 Å². The SMILES string of the molecule is CCC(=O)Nc1cc(F)cc(C#N)c1. The third-order valence-corrected chi connectivity index (χ3v) is 1.63. The highest BCUT2D eigenvalue weighted by molar-refractivity contribution is 5.90. The summed E-state index contributed by atoms with van der Waals surface area (Å²) in [6.07, 6.45) is 0.318. The van der Waals surface area contributed by atoms with E-state index in [1.165, 1.54) is 12.1 Å². The summed E-state index contributed by atoms with van der Waals surface area (Å²) in [5.74, 6) is -0.741.